The molecule has 0 radical (unpaired) electrons. The summed E-state index contributed by atoms with van der Waals surface area (Å²) in [4.78, 5) is 8.82. The van der Waals surface area contributed by atoms with Gasteiger partial charge in [0.25, 0.3) is 5.82 Å². The molecular formula is C29H22N3+. The van der Waals surface area contributed by atoms with Crippen LogP contribution in [0.2, 0.25) is 0 Å². The average molecular weight is 413 g/mol. The lowest BCUT2D eigenvalue weighted by atomic mass is 10.0. The van der Waals surface area contributed by atoms with Crippen molar-refractivity contribution >= 4 is 28.4 Å². The number of benzene rings is 3. The number of aryl methyl sites for hydroxylation is 1. The van der Waals surface area contributed by atoms with Gasteiger partial charge < -0.3 is 0 Å². The summed E-state index contributed by atoms with van der Waals surface area (Å²) >= 11 is 0. The van der Waals surface area contributed by atoms with Crippen LogP contribution in [-0.2, 0) is 0 Å². The van der Waals surface area contributed by atoms with Crippen LogP contribution >= 0.6 is 0 Å². The van der Waals surface area contributed by atoms with Gasteiger partial charge in [-0.15, -0.1) is 0 Å². The number of aliphatic imine (C=N–C) groups is 1. The zero-order chi connectivity index (χ0) is 21.5. The predicted octanol–water partition coefficient (Wildman–Crippen LogP) is 5.25. The van der Waals surface area contributed by atoms with Gasteiger partial charge in [0.05, 0.1) is 17.4 Å². The molecule has 0 bridgehead atoms. The van der Waals surface area contributed by atoms with Crippen LogP contribution in [0.4, 0.5) is 11.5 Å². The van der Waals surface area contributed by atoms with Gasteiger partial charge in [-0.1, -0.05) is 78.9 Å². The van der Waals surface area contributed by atoms with E-state index in [-0.39, 0.29) is 0 Å². The lowest BCUT2D eigenvalue weighted by Gasteiger charge is -2.04. The quantitative estimate of drug-likeness (QED) is 0.420. The van der Waals surface area contributed by atoms with Crippen LogP contribution in [0.5, 0.6) is 0 Å². The van der Waals surface area contributed by atoms with E-state index in [1.54, 1.807) is 0 Å². The van der Waals surface area contributed by atoms with Crippen LogP contribution in [0, 0.1) is 6.92 Å². The predicted molar refractivity (Wildman–Crippen MR) is 131 cm³/mol. The molecule has 5 aromatic rings. The van der Waals surface area contributed by atoms with Crippen LogP contribution in [0.3, 0.4) is 0 Å². The minimum atomic E-state index is 0.967. The third kappa shape index (κ3) is 2.90. The molecule has 2 aromatic heterocycles. The summed E-state index contributed by atoms with van der Waals surface area (Å²) in [7, 11) is 0. The van der Waals surface area contributed by atoms with Crippen molar-refractivity contribution in [2.75, 3.05) is 0 Å². The van der Waals surface area contributed by atoms with E-state index in [4.69, 9.17) is 4.99 Å². The third-order valence-electron chi connectivity index (χ3n) is 6.09. The van der Waals surface area contributed by atoms with Gasteiger partial charge in [-0.25, -0.2) is 9.98 Å². The van der Waals surface area contributed by atoms with Gasteiger partial charge in [-0.2, -0.15) is 4.40 Å². The molecule has 3 heterocycles. The lowest BCUT2D eigenvalue weighted by Crippen LogP contribution is -2.69. The first-order valence-corrected chi connectivity index (χ1v) is 10.8. The minimum Gasteiger partial charge on any atom is -0.243 e. The number of nitrogens with zero attached hydrogens (tertiary/aromatic N) is 2. The smallest absolute Gasteiger partial charge is 0.243 e. The second kappa shape index (κ2) is 7.47. The number of aromatic nitrogens is 1. The standard InChI is InChI=1S/C29H21N3/c1-20-25-18-10-11-19-32(25)29(26(20)21-12-4-2-5-13-21)31-28-23-16-8-9-17-24(23)30-27(28)22-14-6-3-7-15-22/h2-19H,1H3/p+1. The monoisotopic (exact) mass is 412 g/mol. The maximum atomic E-state index is 5.00. The van der Waals surface area contributed by atoms with Crippen molar-refractivity contribution in [2.45, 2.75) is 6.92 Å². The molecule has 32 heavy (non-hydrogen) atoms. The summed E-state index contributed by atoms with van der Waals surface area (Å²) in [5.74, 6) is 1.06. The third-order valence-corrected chi connectivity index (χ3v) is 6.09. The highest BCUT2D eigenvalue weighted by Gasteiger charge is 2.29. The largest absolute Gasteiger partial charge is 0.293 e. The number of pyridine rings is 1. The topological polar surface area (TPSA) is 30.7 Å². The molecule has 152 valence electrons. The van der Waals surface area contributed by atoms with E-state index in [1.807, 2.05) is 12.1 Å². The first kappa shape index (κ1) is 18.5. The Bertz CT molecular complexity index is 1510. The van der Waals surface area contributed by atoms with Gasteiger partial charge in [0.15, 0.2) is 5.71 Å². The highest BCUT2D eigenvalue weighted by Crippen LogP contribution is 2.34. The van der Waals surface area contributed by atoms with E-state index in [0.717, 1.165) is 34.1 Å². The summed E-state index contributed by atoms with van der Waals surface area (Å²) in [6.07, 6.45) is 2.12. The molecular weight excluding hydrogens is 390 g/mol. The van der Waals surface area contributed by atoms with E-state index in [0.29, 0.717) is 0 Å². The van der Waals surface area contributed by atoms with Gasteiger partial charge in [0.1, 0.15) is 11.2 Å². The van der Waals surface area contributed by atoms with Gasteiger partial charge in [0, 0.05) is 16.7 Å². The summed E-state index contributed by atoms with van der Waals surface area (Å²) in [6.45, 7) is 2.20. The average Bonchev–Trinajstić information content (AvgIpc) is 3.36. The molecule has 0 fully saturated rings. The Balaban J connectivity index is 1.66. The van der Waals surface area contributed by atoms with Crippen LogP contribution in [-0.4, -0.2) is 15.8 Å². The number of hydrogen-bond donors (Lipinski definition) is 1. The molecule has 1 aliphatic heterocycles. The fourth-order valence-corrected chi connectivity index (χ4v) is 4.59. The molecule has 3 aromatic carbocycles. The zero-order valence-electron chi connectivity index (χ0n) is 17.8. The fourth-order valence-electron chi connectivity index (χ4n) is 4.59. The van der Waals surface area contributed by atoms with Gasteiger partial charge in [-0.3, -0.25) is 0 Å². The molecule has 0 atom stereocenters. The second-order valence-corrected chi connectivity index (χ2v) is 8.01. The molecule has 0 spiro atoms. The number of rotatable bonds is 3. The van der Waals surface area contributed by atoms with Crippen molar-refractivity contribution in [3.8, 4) is 11.1 Å². The summed E-state index contributed by atoms with van der Waals surface area (Å²) in [5, 5.41) is 0. The molecule has 0 saturated heterocycles. The summed E-state index contributed by atoms with van der Waals surface area (Å²) in [5.41, 5.74) is 10.1. The van der Waals surface area contributed by atoms with Crippen molar-refractivity contribution in [1.29, 1.82) is 0 Å². The number of fused-ring (bicyclic) bond motifs is 2. The maximum Gasteiger partial charge on any atom is 0.293 e. The minimum absolute atomic E-state index is 0.967. The zero-order valence-corrected chi connectivity index (χ0v) is 17.8. The normalized spacial score (nSPS) is 14.0. The van der Waals surface area contributed by atoms with Crippen molar-refractivity contribution in [2.24, 2.45) is 4.99 Å². The molecule has 0 saturated carbocycles. The highest BCUT2D eigenvalue weighted by atomic mass is 15.0. The Morgan fingerprint density at radius 1 is 0.688 bits per heavy atom. The molecule has 1 N–H and O–H groups in total. The van der Waals surface area contributed by atoms with Crippen molar-refractivity contribution in [3.63, 3.8) is 0 Å². The molecule has 0 amide bonds. The van der Waals surface area contributed by atoms with Gasteiger partial charge in [0.2, 0.25) is 0 Å². The summed E-state index contributed by atoms with van der Waals surface area (Å²) in [6, 6.07) is 35.7. The Morgan fingerprint density at radius 2 is 1.34 bits per heavy atom. The van der Waals surface area contributed by atoms with Crippen molar-refractivity contribution in [1.82, 2.24) is 4.40 Å². The van der Waals surface area contributed by atoms with Gasteiger partial charge >= 0.3 is 0 Å². The van der Waals surface area contributed by atoms with Crippen LogP contribution in [0.1, 0.15) is 16.7 Å². The fraction of sp³-hybridized carbons (Fsp3) is 0.0345. The Hall–Kier alpha value is -4.24. The molecule has 0 aliphatic carbocycles. The van der Waals surface area contributed by atoms with E-state index in [2.05, 4.69) is 114 Å². The molecule has 6 rings (SSSR count). The SMILES string of the molecule is Cc1c(-c2ccccc2)c([NH+]=C2C(c3ccccc3)=Nc3ccccc32)n2ccccc12. The van der Waals surface area contributed by atoms with E-state index in [9.17, 15) is 0 Å². The van der Waals surface area contributed by atoms with E-state index in [1.165, 1.54) is 22.2 Å². The van der Waals surface area contributed by atoms with Crippen molar-refractivity contribution in [3.05, 3.63) is 126 Å². The van der Waals surface area contributed by atoms with Gasteiger partial charge in [-0.05, 0) is 36.8 Å². The van der Waals surface area contributed by atoms with E-state index < -0.39 is 0 Å². The number of para-hydroxylation sites is 1. The maximum absolute atomic E-state index is 5.00. The van der Waals surface area contributed by atoms with Crippen LogP contribution in [0.15, 0.2) is 114 Å². The molecule has 1 aliphatic rings. The number of hydrogen-bond acceptors (Lipinski definition) is 1. The first-order chi connectivity index (χ1) is 15.8. The Morgan fingerprint density at radius 3 is 2.12 bits per heavy atom. The first-order valence-electron chi connectivity index (χ1n) is 10.8. The van der Waals surface area contributed by atoms with E-state index >= 15 is 0 Å². The second-order valence-electron chi connectivity index (χ2n) is 8.01. The lowest BCUT2D eigenvalue weighted by molar-refractivity contribution is -0.355. The van der Waals surface area contributed by atoms with Crippen molar-refractivity contribution < 1.29 is 4.99 Å². The Kier molecular flexibility index (Phi) is 4.32. The highest BCUT2D eigenvalue weighted by molar-refractivity contribution is 6.55. The summed E-state index contributed by atoms with van der Waals surface area (Å²) < 4.78 is 2.24. The Labute approximate surface area is 187 Å². The van der Waals surface area contributed by atoms with Crippen LogP contribution in [0.25, 0.3) is 16.6 Å². The molecule has 0 unspecified atom stereocenters. The molecule has 3 nitrogen and oxygen atoms in total. The van der Waals surface area contributed by atoms with Crippen LogP contribution < -0.4 is 4.99 Å². The molecule has 3 heteroatoms. The number of nitrogens with one attached hydrogen (secondary N) is 1.